The third-order valence-corrected chi connectivity index (χ3v) is 4.98. The predicted molar refractivity (Wildman–Crippen MR) is 92.5 cm³/mol. The predicted octanol–water partition coefficient (Wildman–Crippen LogP) is 1.51. The molecule has 0 saturated carbocycles. The fraction of sp³-hybridized carbons (Fsp3) is 0.882. The molecule has 134 valence electrons. The quantitative estimate of drug-likeness (QED) is 0.606. The van der Waals surface area contributed by atoms with Gasteiger partial charge >= 0.3 is 0 Å². The minimum atomic E-state index is -0.0337. The van der Waals surface area contributed by atoms with E-state index in [2.05, 4.69) is 5.32 Å². The standard InChI is InChI=1S/C15H28N4O2.C2H6/c1-13(20)17-8-2-3-14(21)18-9-4-15(5-10-18)6-11-19(16)12-7-15;1-2/h2-12,16H2,1H3,(H,17,20);1-2H3. The smallest absolute Gasteiger partial charge is 0.222 e. The zero-order valence-corrected chi connectivity index (χ0v) is 15.1. The van der Waals surface area contributed by atoms with E-state index in [4.69, 9.17) is 5.84 Å². The van der Waals surface area contributed by atoms with Crippen LogP contribution in [0.3, 0.4) is 0 Å². The van der Waals surface area contributed by atoms with Crippen molar-refractivity contribution in [3.63, 3.8) is 0 Å². The Morgan fingerprint density at radius 1 is 1.04 bits per heavy atom. The van der Waals surface area contributed by atoms with E-state index in [1.165, 1.54) is 6.92 Å². The molecule has 0 bridgehead atoms. The summed E-state index contributed by atoms with van der Waals surface area (Å²) in [4.78, 5) is 24.9. The van der Waals surface area contributed by atoms with E-state index in [9.17, 15) is 9.59 Å². The average Bonchev–Trinajstić information content (AvgIpc) is 2.57. The van der Waals surface area contributed by atoms with Crippen molar-refractivity contribution in [2.24, 2.45) is 11.3 Å². The van der Waals surface area contributed by atoms with Crippen LogP contribution >= 0.6 is 0 Å². The first-order valence-electron chi connectivity index (χ1n) is 9.03. The van der Waals surface area contributed by atoms with Gasteiger partial charge in [-0.15, -0.1) is 0 Å². The summed E-state index contributed by atoms with van der Waals surface area (Å²) in [5.41, 5.74) is 0.419. The first-order chi connectivity index (χ1) is 11.0. The summed E-state index contributed by atoms with van der Waals surface area (Å²) in [5, 5.41) is 4.64. The van der Waals surface area contributed by atoms with Crippen molar-refractivity contribution in [3.8, 4) is 0 Å². The third kappa shape index (κ3) is 6.47. The highest BCUT2D eigenvalue weighted by Gasteiger charge is 2.37. The zero-order chi connectivity index (χ0) is 17.3. The second-order valence-electron chi connectivity index (χ2n) is 6.50. The second kappa shape index (κ2) is 9.88. The van der Waals surface area contributed by atoms with Crippen LogP contribution in [0.4, 0.5) is 0 Å². The van der Waals surface area contributed by atoms with Crippen LogP contribution in [0.15, 0.2) is 0 Å². The van der Waals surface area contributed by atoms with Crippen molar-refractivity contribution in [1.29, 1.82) is 0 Å². The maximum Gasteiger partial charge on any atom is 0.222 e. The fourth-order valence-electron chi connectivity index (χ4n) is 3.39. The minimum absolute atomic E-state index is 0.0337. The van der Waals surface area contributed by atoms with Gasteiger partial charge in [0, 0.05) is 46.1 Å². The number of carbonyl (C=O) groups is 2. The summed E-state index contributed by atoms with van der Waals surface area (Å²) in [6, 6.07) is 0. The van der Waals surface area contributed by atoms with Crippen molar-refractivity contribution in [2.75, 3.05) is 32.7 Å². The maximum absolute atomic E-state index is 12.2. The third-order valence-electron chi connectivity index (χ3n) is 4.98. The molecule has 0 aliphatic carbocycles. The number of hydrogen-bond acceptors (Lipinski definition) is 4. The van der Waals surface area contributed by atoms with Crippen molar-refractivity contribution in [3.05, 3.63) is 0 Å². The number of piperidine rings is 2. The number of nitrogens with one attached hydrogen (secondary N) is 1. The monoisotopic (exact) mass is 326 g/mol. The summed E-state index contributed by atoms with van der Waals surface area (Å²) in [7, 11) is 0. The van der Waals surface area contributed by atoms with E-state index in [-0.39, 0.29) is 11.8 Å². The molecule has 6 heteroatoms. The van der Waals surface area contributed by atoms with E-state index in [1.54, 1.807) is 0 Å². The summed E-state index contributed by atoms with van der Waals surface area (Å²) >= 11 is 0. The Labute approximate surface area is 140 Å². The number of nitrogens with two attached hydrogens (primary N) is 1. The molecule has 0 aromatic carbocycles. The second-order valence-corrected chi connectivity index (χ2v) is 6.50. The van der Waals surface area contributed by atoms with Crippen LogP contribution in [0.25, 0.3) is 0 Å². The fourth-order valence-corrected chi connectivity index (χ4v) is 3.39. The van der Waals surface area contributed by atoms with Gasteiger partial charge in [-0.1, -0.05) is 13.8 Å². The van der Waals surface area contributed by atoms with Crippen LogP contribution in [0.5, 0.6) is 0 Å². The lowest BCUT2D eigenvalue weighted by molar-refractivity contribution is -0.134. The number of hydrazine groups is 1. The Morgan fingerprint density at radius 3 is 2.09 bits per heavy atom. The first kappa shape index (κ1) is 19.9. The number of hydrogen-bond donors (Lipinski definition) is 2. The molecule has 6 nitrogen and oxygen atoms in total. The lowest BCUT2D eigenvalue weighted by Crippen LogP contribution is -2.49. The number of carbonyl (C=O) groups excluding carboxylic acids is 2. The highest BCUT2D eigenvalue weighted by atomic mass is 16.2. The number of rotatable bonds is 4. The van der Waals surface area contributed by atoms with Crippen molar-refractivity contribution in [2.45, 2.75) is 59.3 Å². The van der Waals surface area contributed by atoms with E-state index in [0.717, 1.165) is 58.3 Å². The zero-order valence-electron chi connectivity index (χ0n) is 15.1. The van der Waals surface area contributed by atoms with Crippen molar-refractivity contribution < 1.29 is 9.59 Å². The van der Waals surface area contributed by atoms with E-state index in [0.29, 0.717) is 18.4 Å². The van der Waals surface area contributed by atoms with Gasteiger partial charge in [-0.2, -0.15) is 0 Å². The molecule has 3 N–H and O–H groups in total. The summed E-state index contributed by atoms with van der Waals surface area (Å²) in [5.74, 6) is 6.02. The molecule has 0 aromatic heterocycles. The molecule has 23 heavy (non-hydrogen) atoms. The van der Waals surface area contributed by atoms with E-state index in [1.807, 2.05) is 23.8 Å². The summed E-state index contributed by atoms with van der Waals surface area (Å²) in [6.07, 6.45) is 5.80. The Bertz CT molecular complexity index is 369. The molecule has 2 aliphatic heterocycles. The molecular formula is C17H34N4O2. The Kier molecular flexibility index (Phi) is 8.55. The highest BCUT2D eigenvalue weighted by Crippen LogP contribution is 2.40. The normalized spacial score (nSPS) is 20.6. The summed E-state index contributed by atoms with van der Waals surface area (Å²) in [6.45, 7) is 9.80. The van der Waals surface area contributed by atoms with Crippen LogP contribution in [0, 0.1) is 5.41 Å². The van der Waals surface area contributed by atoms with E-state index < -0.39 is 0 Å². The molecule has 0 atom stereocenters. The van der Waals surface area contributed by atoms with Gasteiger partial charge in [0.25, 0.3) is 0 Å². The molecular weight excluding hydrogens is 292 g/mol. The average molecular weight is 326 g/mol. The van der Waals surface area contributed by atoms with E-state index >= 15 is 0 Å². The van der Waals surface area contributed by atoms with Gasteiger partial charge in [0.1, 0.15) is 0 Å². The van der Waals surface area contributed by atoms with Crippen LogP contribution in [0.1, 0.15) is 59.3 Å². The Hall–Kier alpha value is -1.14. The molecule has 2 heterocycles. The topological polar surface area (TPSA) is 78.7 Å². The lowest BCUT2D eigenvalue weighted by atomic mass is 9.71. The molecule has 2 amide bonds. The molecule has 0 unspecified atom stereocenters. The Morgan fingerprint density at radius 2 is 1.57 bits per heavy atom. The Balaban J connectivity index is 0.00000127. The molecule has 2 aliphatic rings. The molecule has 0 aromatic rings. The van der Waals surface area contributed by atoms with Crippen LogP contribution in [-0.2, 0) is 9.59 Å². The molecule has 2 saturated heterocycles. The van der Waals surface area contributed by atoms with Crippen LogP contribution < -0.4 is 11.2 Å². The first-order valence-corrected chi connectivity index (χ1v) is 9.03. The van der Waals surface area contributed by atoms with Crippen molar-refractivity contribution in [1.82, 2.24) is 15.2 Å². The number of amides is 2. The number of nitrogens with zero attached hydrogens (tertiary/aromatic N) is 2. The highest BCUT2D eigenvalue weighted by molar-refractivity contribution is 5.76. The molecule has 0 radical (unpaired) electrons. The van der Waals surface area contributed by atoms with Crippen LogP contribution in [-0.4, -0.2) is 54.4 Å². The van der Waals surface area contributed by atoms with Crippen molar-refractivity contribution >= 4 is 11.8 Å². The van der Waals surface area contributed by atoms with Gasteiger partial charge in [-0.05, 0) is 37.5 Å². The minimum Gasteiger partial charge on any atom is -0.356 e. The SMILES string of the molecule is CC.CC(=O)NCCCC(=O)N1CCC2(CCN(N)CC2)CC1. The lowest BCUT2D eigenvalue weighted by Gasteiger charge is -2.46. The summed E-state index contributed by atoms with van der Waals surface area (Å²) < 4.78 is 0. The molecule has 2 rings (SSSR count). The van der Waals surface area contributed by atoms with Gasteiger partial charge in [0.05, 0.1) is 0 Å². The van der Waals surface area contributed by atoms with Crippen LogP contribution in [0.2, 0.25) is 0 Å². The van der Waals surface area contributed by atoms with Gasteiger partial charge in [-0.3, -0.25) is 15.4 Å². The molecule has 2 fully saturated rings. The molecule has 1 spiro atoms. The maximum atomic E-state index is 12.2. The van der Waals surface area contributed by atoms with Gasteiger partial charge < -0.3 is 10.2 Å². The number of likely N-dealkylation sites (tertiary alicyclic amines) is 1. The van der Waals surface area contributed by atoms with Gasteiger partial charge in [0.15, 0.2) is 0 Å². The van der Waals surface area contributed by atoms with Gasteiger partial charge in [-0.25, -0.2) is 5.01 Å². The van der Waals surface area contributed by atoms with Gasteiger partial charge in [0.2, 0.25) is 11.8 Å². The largest absolute Gasteiger partial charge is 0.356 e.